The summed E-state index contributed by atoms with van der Waals surface area (Å²) in [5.41, 5.74) is 8.56. The van der Waals surface area contributed by atoms with Crippen LogP contribution in [0.2, 0.25) is 0 Å². The summed E-state index contributed by atoms with van der Waals surface area (Å²) in [7, 11) is 0. The summed E-state index contributed by atoms with van der Waals surface area (Å²) in [5.74, 6) is 0. The predicted molar refractivity (Wildman–Crippen MR) is 68.9 cm³/mol. The molecule has 0 unspecified atom stereocenters. The summed E-state index contributed by atoms with van der Waals surface area (Å²) in [6, 6.07) is 5.92. The molecule has 0 aliphatic carbocycles. The first kappa shape index (κ1) is 11.9. The Morgan fingerprint density at radius 3 is 2.76 bits per heavy atom. The van der Waals surface area contributed by atoms with Crippen LogP contribution in [0.5, 0.6) is 0 Å². The summed E-state index contributed by atoms with van der Waals surface area (Å²) >= 11 is 0. The molecular formula is C13H19N3O. The van der Waals surface area contributed by atoms with Crippen molar-refractivity contribution in [3.05, 3.63) is 29.3 Å². The third kappa shape index (κ3) is 2.77. The number of carbonyl (C=O) groups is 1. The molecule has 4 nitrogen and oxygen atoms in total. The molecule has 1 aliphatic heterocycles. The van der Waals surface area contributed by atoms with Gasteiger partial charge in [0.25, 0.3) is 0 Å². The van der Waals surface area contributed by atoms with E-state index < -0.39 is 0 Å². The van der Waals surface area contributed by atoms with E-state index in [1.165, 1.54) is 0 Å². The summed E-state index contributed by atoms with van der Waals surface area (Å²) in [5, 5.41) is 2.96. The zero-order chi connectivity index (χ0) is 12.3. The number of aryl methyl sites for hydroxylation is 1. The van der Waals surface area contributed by atoms with Crippen molar-refractivity contribution < 1.29 is 4.79 Å². The number of hydrogen-bond acceptors (Lipinski definition) is 2. The number of urea groups is 1. The summed E-state index contributed by atoms with van der Waals surface area (Å²) < 4.78 is 0. The zero-order valence-electron chi connectivity index (χ0n) is 10.2. The highest BCUT2D eigenvalue weighted by Crippen LogP contribution is 2.18. The molecule has 1 aliphatic rings. The zero-order valence-corrected chi connectivity index (χ0v) is 10.2. The summed E-state index contributed by atoms with van der Waals surface area (Å²) in [4.78, 5) is 13.8. The Kier molecular flexibility index (Phi) is 3.64. The fourth-order valence-corrected chi connectivity index (χ4v) is 2.05. The number of anilines is 1. The normalized spacial score (nSPS) is 15.1. The number of benzene rings is 1. The molecule has 1 fully saturated rings. The van der Waals surface area contributed by atoms with Gasteiger partial charge >= 0.3 is 6.03 Å². The smallest absolute Gasteiger partial charge is 0.321 e. The van der Waals surface area contributed by atoms with Crippen LogP contribution >= 0.6 is 0 Å². The van der Waals surface area contributed by atoms with Crippen LogP contribution in [0.4, 0.5) is 10.5 Å². The lowest BCUT2D eigenvalue weighted by Gasteiger charge is -2.17. The van der Waals surface area contributed by atoms with Crippen molar-refractivity contribution in [2.24, 2.45) is 5.73 Å². The number of nitrogens with one attached hydrogen (secondary N) is 1. The van der Waals surface area contributed by atoms with E-state index in [0.29, 0.717) is 6.54 Å². The number of carbonyl (C=O) groups excluding carboxylic acids is 1. The van der Waals surface area contributed by atoms with Crippen LogP contribution in [0, 0.1) is 6.92 Å². The summed E-state index contributed by atoms with van der Waals surface area (Å²) in [6.45, 7) is 4.20. The van der Waals surface area contributed by atoms with Crippen LogP contribution < -0.4 is 11.1 Å². The molecule has 1 saturated heterocycles. The minimum Gasteiger partial charge on any atom is -0.326 e. The van der Waals surface area contributed by atoms with Gasteiger partial charge in [-0.2, -0.15) is 0 Å². The van der Waals surface area contributed by atoms with Gasteiger partial charge in [0.05, 0.1) is 0 Å². The molecule has 1 heterocycles. The lowest BCUT2D eigenvalue weighted by molar-refractivity contribution is 0.222. The molecule has 17 heavy (non-hydrogen) atoms. The highest BCUT2D eigenvalue weighted by molar-refractivity contribution is 5.90. The molecular weight excluding hydrogens is 214 g/mol. The van der Waals surface area contributed by atoms with Gasteiger partial charge < -0.3 is 16.0 Å². The maximum absolute atomic E-state index is 12.0. The van der Waals surface area contributed by atoms with Crippen molar-refractivity contribution in [1.29, 1.82) is 0 Å². The highest BCUT2D eigenvalue weighted by Gasteiger charge is 2.18. The number of hydrogen-bond donors (Lipinski definition) is 2. The van der Waals surface area contributed by atoms with Crippen molar-refractivity contribution in [1.82, 2.24) is 4.90 Å². The van der Waals surface area contributed by atoms with Gasteiger partial charge in [-0.3, -0.25) is 0 Å². The van der Waals surface area contributed by atoms with Crippen molar-refractivity contribution >= 4 is 11.7 Å². The molecule has 0 radical (unpaired) electrons. The number of amides is 2. The van der Waals surface area contributed by atoms with Gasteiger partial charge in [0.2, 0.25) is 0 Å². The average molecular weight is 233 g/mol. The number of nitrogens with zero attached hydrogens (tertiary/aromatic N) is 1. The van der Waals surface area contributed by atoms with E-state index in [0.717, 1.165) is 42.7 Å². The van der Waals surface area contributed by atoms with Gasteiger partial charge in [-0.05, 0) is 37.0 Å². The Morgan fingerprint density at radius 1 is 1.41 bits per heavy atom. The minimum atomic E-state index is -0.000212. The molecule has 1 aromatic rings. The van der Waals surface area contributed by atoms with E-state index in [1.807, 2.05) is 30.0 Å². The topological polar surface area (TPSA) is 58.4 Å². The van der Waals surface area contributed by atoms with Gasteiger partial charge in [0.15, 0.2) is 0 Å². The monoisotopic (exact) mass is 233 g/mol. The Bertz CT molecular complexity index is 411. The molecule has 92 valence electrons. The van der Waals surface area contributed by atoms with Crippen molar-refractivity contribution in [2.75, 3.05) is 18.4 Å². The number of rotatable bonds is 2. The molecule has 4 heteroatoms. The Balaban J connectivity index is 2.09. The van der Waals surface area contributed by atoms with Crippen LogP contribution in [0.15, 0.2) is 18.2 Å². The molecule has 0 bridgehead atoms. The Labute approximate surface area is 102 Å². The van der Waals surface area contributed by atoms with Crippen LogP contribution in [-0.2, 0) is 6.54 Å². The van der Waals surface area contributed by atoms with Crippen LogP contribution in [0.3, 0.4) is 0 Å². The molecule has 0 aromatic heterocycles. The standard InChI is InChI=1S/C13H19N3O/c1-10-4-5-11(9-14)8-12(10)15-13(17)16-6-2-3-7-16/h4-5,8H,2-3,6-7,9,14H2,1H3,(H,15,17). The van der Waals surface area contributed by atoms with Gasteiger partial charge in [-0.1, -0.05) is 12.1 Å². The molecule has 1 aromatic carbocycles. The van der Waals surface area contributed by atoms with Gasteiger partial charge in [0, 0.05) is 25.3 Å². The van der Waals surface area contributed by atoms with E-state index in [-0.39, 0.29) is 6.03 Å². The molecule has 0 atom stereocenters. The second kappa shape index (κ2) is 5.19. The number of likely N-dealkylation sites (tertiary alicyclic amines) is 1. The quantitative estimate of drug-likeness (QED) is 0.821. The van der Waals surface area contributed by atoms with Gasteiger partial charge in [-0.15, -0.1) is 0 Å². The lowest BCUT2D eigenvalue weighted by Crippen LogP contribution is -2.32. The number of nitrogens with two attached hydrogens (primary N) is 1. The first-order valence-corrected chi connectivity index (χ1v) is 6.06. The van der Waals surface area contributed by atoms with Gasteiger partial charge in [-0.25, -0.2) is 4.79 Å². The Morgan fingerprint density at radius 2 is 2.12 bits per heavy atom. The Hall–Kier alpha value is -1.55. The van der Waals surface area contributed by atoms with Crippen molar-refractivity contribution in [3.63, 3.8) is 0 Å². The van der Waals surface area contributed by atoms with E-state index >= 15 is 0 Å². The summed E-state index contributed by atoms with van der Waals surface area (Å²) in [6.07, 6.45) is 2.21. The highest BCUT2D eigenvalue weighted by atomic mass is 16.2. The van der Waals surface area contributed by atoms with Crippen molar-refractivity contribution in [2.45, 2.75) is 26.3 Å². The van der Waals surface area contributed by atoms with Gasteiger partial charge in [0.1, 0.15) is 0 Å². The van der Waals surface area contributed by atoms with E-state index in [2.05, 4.69) is 5.32 Å². The molecule has 3 N–H and O–H groups in total. The maximum Gasteiger partial charge on any atom is 0.321 e. The average Bonchev–Trinajstić information content (AvgIpc) is 2.85. The van der Waals surface area contributed by atoms with Crippen LogP contribution in [-0.4, -0.2) is 24.0 Å². The fourth-order valence-electron chi connectivity index (χ4n) is 2.05. The fraction of sp³-hybridized carbons (Fsp3) is 0.462. The first-order valence-electron chi connectivity index (χ1n) is 6.06. The second-order valence-electron chi connectivity index (χ2n) is 4.48. The predicted octanol–water partition coefficient (Wildman–Crippen LogP) is 2.08. The molecule has 2 amide bonds. The lowest BCUT2D eigenvalue weighted by atomic mass is 10.1. The maximum atomic E-state index is 12.0. The molecule has 0 saturated carbocycles. The minimum absolute atomic E-state index is 0.000212. The molecule has 2 rings (SSSR count). The van der Waals surface area contributed by atoms with Crippen molar-refractivity contribution in [3.8, 4) is 0 Å². The third-order valence-corrected chi connectivity index (χ3v) is 3.17. The van der Waals surface area contributed by atoms with Crippen LogP contribution in [0.1, 0.15) is 24.0 Å². The SMILES string of the molecule is Cc1ccc(CN)cc1NC(=O)N1CCCC1. The van der Waals surface area contributed by atoms with E-state index in [4.69, 9.17) is 5.73 Å². The van der Waals surface area contributed by atoms with Crippen LogP contribution in [0.25, 0.3) is 0 Å². The second-order valence-corrected chi connectivity index (χ2v) is 4.48. The molecule has 0 spiro atoms. The largest absolute Gasteiger partial charge is 0.326 e. The first-order chi connectivity index (χ1) is 8.20. The van der Waals surface area contributed by atoms with E-state index in [9.17, 15) is 4.79 Å². The van der Waals surface area contributed by atoms with E-state index in [1.54, 1.807) is 0 Å². The third-order valence-electron chi connectivity index (χ3n) is 3.17.